The number of hydrogen-bond donors (Lipinski definition) is 2. The van der Waals surface area contributed by atoms with Gasteiger partial charge in [0.2, 0.25) is 0 Å². The summed E-state index contributed by atoms with van der Waals surface area (Å²) in [6.45, 7) is 2.06. The number of pyridine rings is 1. The van der Waals surface area contributed by atoms with Gasteiger partial charge in [-0.25, -0.2) is 0 Å². The Morgan fingerprint density at radius 2 is 1.79 bits per heavy atom. The van der Waals surface area contributed by atoms with Crippen molar-refractivity contribution in [2.45, 2.75) is 13.3 Å². The van der Waals surface area contributed by atoms with Gasteiger partial charge in [0, 0.05) is 23.8 Å². The van der Waals surface area contributed by atoms with Crippen molar-refractivity contribution in [3.05, 3.63) is 89.9 Å². The maximum absolute atomic E-state index is 4.49. The minimum absolute atomic E-state index is 0.893. The molecule has 0 aliphatic heterocycles. The van der Waals surface area contributed by atoms with Crippen LogP contribution in [0.3, 0.4) is 0 Å². The third kappa shape index (κ3) is 3.01. The topological polar surface area (TPSA) is 44.5 Å². The third-order valence-electron chi connectivity index (χ3n) is 4.18. The highest BCUT2D eigenvalue weighted by molar-refractivity contribution is 5.61. The average Bonchev–Trinajstić information content (AvgIpc) is 3.27. The number of aromatic amines is 2. The van der Waals surface area contributed by atoms with Crippen molar-refractivity contribution in [3.63, 3.8) is 0 Å². The lowest BCUT2D eigenvalue weighted by Gasteiger charge is -2.06. The second kappa shape index (κ2) is 6.20. The zero-order valence-corrected chi connectivity index (χ0v) is 13.6. The highest BCUT2D eigenvalue weighted by atomic mass is 14.8. The molecule has 24 heavy (non-hydrogen) atoms. The Labute approximate surface area is 141 Å². The average molecular weight is 313 g/mol. The van der Waals surface area contributed by atoms with E-state index in [-0.39, 0.29) is 0 Å². The molecule has 0 radical (unpaired) electrons. The second-order valence-corrected chi connectivity index (χ2v) is 6.07. The maximum Gasteiger partial charge on any atom is 0.0867 e. The molecule has 3 aromatic heterocycles. The number of aryl methyl sites for hydroxylation is 1. The van der Waals surface area contributed by atoms with Gasteiger partial charge in [0.15, 0.2) is 0 Å². The van der Waals surface area contributed by atoms with Gasteiger partial charge in [-0.2, -0.15) is 0 Å². The van der Waals surface area contributed by atoms with Gasteiger partial charge in [-0.1, -0.05) is 18.2 Å². The van der Waals surface area contributed by atoms with Crippen molar-refractivity contribution >= 4 is 0 Å². The normalized spacial score (nSPS) is 10.9. The van der Waals surface area contributed by atoms with Gasteiger partial charge in [-0.05, 0) is 72.5 Å². The van der Waals surface area contributed by atoms with E-state index in [9.17, 15) is 0 Å². The van der Waals surface area contributed by atoms with Crippen LogP contribution in [0.25, 0.3) is 22.6 Å². The highest BCUT2D eigenvalue weighted by Gasteiger charge is 2.05. The molecule has 0 bridgehead atoms. The van der Waals surface area contributed by atoms with Crippen LogP contribution in [0.5, 0.6) is 0 Å². The Kier molecular flexibility index (Phi) is 3.75. The van der Waals surface area contributed by atoms with Crippen LogP contribution in [-0.4, -0.2) is 15.0 Å². The summed E-state index contributed by atoms with van der Waals surface area (Å²) in [5.41, 5.74) is 8.12. The second-order valence-electron chi connectivity index (χ2n) is 6.07. The van der Waals surface area contributed by atoms with E-state index in [1.54, 1.807) is 0 Å². The number of rotatable bonds is 4. The Bertz CT molecular complexity index is 949. The zero-order valence-electron chi connectivity index (χ0n) is 13.6. The van der Waals surface area contributed by atoms with Crippen LogP contribution in [0, 0.1) is 6.92 Å². The van der Waals surface area contributed by atoms with E-state index < -0.39 is 0 Å². The molecule has 0 aliphatic carbocycles. The van der Waals surface area contributed by atoms with Gasteiger partial charge in [0.25, 0.3) is 0 Å². The van der Waals surface area contributed by atoms with Gasteiger partial charge < -0.3 is 9.97 Å². The first-order valence-corrected chi connectivity index (χ1v) is 8.11. The molecule has 4 aromatic rings. The fourth-order valence-corrected chi connectivity index (χ4v) is 2.98. The molecule has 0 saturated heterocycles. The maximum atomic E-state index is 4.49. The summed E-state index contributed by atoms with van der Waals surface area (Å²) >= 11 is 0. The fourth-order valence-electron chi connectivity index (χ4n) is 2.98. The summed E-state index contributed by atoms with van der Waals surface area (Å²) in [5.74, 6) is 0. The molecule has 118 valence electrons. The summed E-state index contributed by atoms with van der Waals surface area (Å²) < 4.78 is 0. The van der Waals surface area contributed by atoms with E-state index in [4.69, 9.17) is 0 Å². The van der Waals surface area contributed by atoms with Crippen molar-refractivity contribution in [1.29, 1.82) is 0 Å². The molecule has 0 saturated carbocycles. The Balaban J connectivity index is 1.61. The molecule has 0 spiro atoms. The Morgan fingerprint density at radius 3 is 2.58 bits per heavy atom. The minimum Gasteiger partial charge on any atom is -0.361 e. The molecule has 0 fully saturated rings. The molecular weight excluding hydrogens is 294 g/mol. The van der Waals surface area contributed by atoms with Crippen LogP contribution in [-0.2, 0) is 6.42 Å². The summed E-state index contributed by atoms with van der Waals surface area (Å²) in [7, 11) is 0. The van der Waals surface area contributed by atoms with Gasteiger partial charge in [0.1, 0.15) is 0 Å². The minimum atomic E-state index is 0.893. The molecule has 3 heterocycles. The molecule has 0 aliphatic rings. The lowest BCUT2D eigenvalue weighted by molar-refractivity contribution is 1.15. The van der Waals surface area contributed by atoms with Gasteiger partial charge in [0.05, 0.1) is 11.4 Å². The summed E-state index contributed by atoms with van der Waals surface area (Å²) in [4.78, 5) is 11.1. The largest absolute Gasteiger partial charge is 0.361 e. The number of aromatic nitrogens is 3. The molecule has 0 amide bonds. The quantitative estimate of drug-likeness (QED) is 0.549. The number of H-pyrrole nitrogens is 2. The Morgan fingerprint density at radius 1 is 0.875 bits per heavy atom. The molecule has 1 aromatic carbocycles. The predicted octanol–water partition coefficient (Wildman–Crippen LogP) is 4.97. The van der Waals surface area contributed by atoms with Crippen molar-refractivity contribution < 1.29 is 0 Å². The monoisotopic (exact) mass is 313 g/mol. The molecule has 0 atom stereocenters. The zero-order chi connectivity index (χ0) is 16.4. The third-order valence-corrected chi connectivity index (χ3v) is 4.18. The number of nitrogens with one attached hydrogen (secondary N) is 2. The Hall–Kier alpha value is -3.07. The molecule has 0 unspecified atom stereocenters. The van der Waals surface area contributed by atoms with E-state index in [1.165, 1.54) is 16.7 Å². The van der Waals surface area contributed by atoms with Gasteiger partial charge >= 0.3 is 0 Å². The first-order chi connectivity index (χ1) is 11.8. The SMILES string of the molecule is Cc1ccc(-c2cc(Cc3cccc(-c4ccc[nH]4)c3)ccn2)[nH]1. The molecule has 3 nitrogen and oxygen atoms in total. The van der Waals surface area contributed by atoms with E-state index >= 15 is 0 Å². The number of hydrogen-bond acceptors (Lipinski definition) is 1. The summed E-state index contributed by atoms with van der Waals surface area (Å²) in [6.07, 6.45) is 4.73. The van der Waals surface area contributed by atoms with Crippen LogP contribution < -0.4 is 0 Å². The smallest absolute Gasteiger partial charge is 0.0867 e. The van der Waals surface area contributed by atoms with Crippen LogP contribution >= 0.6 is 0 Å². The van der Waals surface area contributed by atoms with Crippen LogP contribution in [0.2, 0.25) is 0 Å². The van der Waals surface area contributed by atoms with E-state index in [2.05, 4.69) is 76.5 Å². The molecule has 4 rings (SSSR count). The fraction of sp³-hybridized carbons (Fsp3) is 0.0952. The van der Waals surface area contributed by atoms with E-state index in [1.807, 2.05) is 18.5 Å². The van der Waals surface area contributed by atoms with Crippen molar-refractivity contribution in [3.8, 4) is 22.6 Å². The lowest BCUT2D eigenvalue weighted by Crippen LogP contribution is -1.92. The van der Waals surface area contributed by atoms with Crippen LogP contribution in [0.1, 0.15) is 16.8 Å². The first kappa shape index (κ1) is 14.5. The highest BCUT2D eigenvalue weighted by Crippen LogP contribution is 2.22. The summed E-state index contributed by atoms with van der Waals surface area (Å²) in [5, 5.41) is 0. The number of benzene rings is 1. The summed E-state index contributed by atoms with van der Waals surface area (Å²) in [6, 6.07) is 21.2. The first-order valence-electron chi connectivity index (χ1n) is 8.11. The van der Waals surface area contributed by atoms with Gasteiger partial charge in [-0.3, -0.25) is 4.98 Å². The lowest BCUT2D eigenvalue weighted by atomic mass is 10.0. The van der Waals surface area contributed by atoms with Gasteiger partial charge in [-0.15, -0.1) is 0 Å². The number of nitrogens with zero attached hydrogens (tertiary/aromatic N) is 1. The molecular formula is C21H19N3. The molecule has 3 heteroatoms. The van der Waals surface area contributed by atoms with Crippen molar-refractivity contribution in [2.75, 3.05) is 0 Å². The van der Waals surface area contributed by atoms with Crippen molar-refractivity contribution in [2.24, 2.45) is 0 Å². The predicted molar refractivity (Wildman–Crippen MR) is 97.8 cm³/mol. The van der Waals surface area contributed by atoms with Crippen molar-refractivity contribution in [1.82, 2.24) is 15.0 Å². The van der Waals surface area contributed by atoms with E-state index in [0.717, 1.165) is 29.2 Å². The van der Waals surface area contributed by atoms with Crippen LogP contribution in [0.15, 0.2) is 73.1 Å². The van der Waals surface area contributed by atoms with E-state index in [0.29, 0.717) is 0 Å². The van der Waals surface area contributed by atoms with Crippen LogP contribution in [0.4, 0.5) is 0 Å². The molecule has 2 N–H and O–H groups in total. The standard InChI is InChI=1S/C21H19N3/c1-15-7-8-20(24-15)21-14-17(9-11-23-21)12-16-4-2-5-18(13-16)19-6-3-10-22-19/h2-11,13-14,22,24H,12H2,1H3.